The quantitative estimate of drug-likeness (QED) is 0.257. The topological polar surface area (TPSA) is 46.3 Å². The summed E-state index contributed by atoms with van der Waals surface area (Å²) in [6.07, 6.45) is 14.2. The highest BCUT2D eigenvalue weighted by atomic mass is 15.2. The highest BCUT2D eigenvalue weighted by Gasteiger charge is 2.36. The second-order valence-corrected chi connectivity index (χ2v) is 9.55. The van der Waals surface area contributed by atoms with Crippen LogP contribution in [0.15, 0.2) is 73.6 Å². The Balaban J connectivity index is 1.57. The summed E-state index contributed by atoms with van der Waals surface area (Å²) in [5.74, 6) is 1.62. The van der Waals surface area contributed by atoms with Crippen LogP contribution in [0.2, 0.25) is 0 Å². The first-order valence-corrected chi connectivity index (χ1v) is 13.0. The molecule has 1 aliphatic rings. The van der Waals surface area contributed by atoms with Crippen molar-refractivity contribution in [3.05, 3.63) is 90.8 Å². The summed E-state index contributed by atoms with van der Waals surface area (Å²) in [6.45, 7) is 14.7. The number of hydrogen-bond donors (Lipinski definition) is 0. The molecule has 1 fully saturated rings. The molecular weight excluding hydrogens is 442 g/mol. The van der Waals surface area contributed by atoms with Gasteiger partial charge in [-0.2, -0.15) is 0 Å². The lowest BCUT2D eigenvalue weighted by Gasteiger charge is -2.41. The molecule has 0 saturated heterocycles. The largest absolute Gasteiger partial charge is 0.301 e. The Morgan fingerprint density at radius 1 is 1.14 bits per heavy atom. The smallest absolute Gasteiger partial charge is 0.117 e. The van der Waals surface area contributed by atoms with E-state index >= 15 is 0 Å². The third kappa shape index (κ3) is 4.28. The molecule has 4 aromatic rings. The van der Waals surface area contributed by atoms with Gasteiger partial charge >= 0.3 is 0 Å². The van der Waals surface area contributed by atoms with E-state index in [1.807, 2.05) is 25.3 Å². The van der Waals surface area contributed by atoms with Gasteiger partial charge in [0, 0.05) is 35.3 Å². The summed E-state index contributed by atoms with van der Waals surface area (Å²) >= 11 is 0. The number of aromatic nitrogens is 4. The van der Waals surface area contributed by atoms with Crippen molar-refractivity contribution in [3.63, 3.8) is 0 Å². The Morgan fingerprint density at radius 3 is 2.64 bits per heavy atom. The summed E-state index contributed by atoms with van der Waals surface area (Å²) in [5.41, 5.74) is 7.09. The Hall–Kier alpha value is -3.57. The van der Waals surface area contributed by atoms with Crippen LogP contribution in [-0.2, 0) is 0 Å². The highest BCUT2D eigenvalue weighted by molar-refractivity contribution is 5.89. The Morgan fingerprint density at radius 2 is 1.92 bits per heavy atom. The third-order valence-corrected chi connectivity index (χ3v) is 7.48. The summed E-state index contributed by atoms with van der Waals surface area (Å²) < 4.78 is 2.27. The fraction of sp³-hybridized carbons (Fsp3) is 0.323. The molecule has 0 N–H and O–H groups in total. The number of fused-ring (bicyclic) bond motifs is 2. The van der Waals surface area contributed by atoms with Crippen LogP contribution in [0.25, 0.3) is 33.3 Å². The lowest BCUT2D eigenvalue weighted by atomic mass is 9.78. The molecule has 0 aliphatic heterocycles. The van der Waals surface area contributed by atoms with Crippen molar-refractivity contribution in [2.45, 2.75) is 52.5 Å². The molecule has 0 spiro atoms. The van der Waals surface area contributed by atoms with Gasteiger partial charge in [-0.25, -0.2) is 9.97 Å². The Kier molecular flexibility index (Phi) is 6.84. The van der Waals surface area contributed by atoms with E-state index in [1.54, 1.807) is 6.08 Å². The average Bonchev–Trinajstić information content (AvgIpc) is 3.25. The minimum atomic E-state index is 0.469. The number of allylic oxidation sites excluding steroid dienone is 5. The highest BCUT2D eigenvalue weighted by Crippen LogP contribution is 2.41. The predicted octanol–water partition coefficient (Wildman–Crippen LogP) is 6.99. The minimum Gasteiger partial charge on any atom is -0.301 e. The summed E-state index contributed by atoms with van der Waals surface area (Å²) in [5, 5.41) is 1.11. The number of imidazole rings is 1. The van der Waals surface area contributed by atoms with Gasteiger partial charge in [0.05, 0.1) is 28.1 Å². The van der Waals surface area contributed by atoms with E-state index in [9.17, 15) is 0 Å². The van der Waals surface area contributed by atoms with Crippen molar-refractivity contribution in [2.24, 2.45) is 0 Å². The van der Waals surface area contributed by atoms with Gasteiger partial charge in [0.1, 0.15) is 5.82 Å². The molecule has 0 amide bonds. The van der Waals surface area contributed by atoms with Crippen molar-refractivity contribution in [2.75, 3.05) is 13.1 Å². The third-order valence-electron chi connectivity index (χ3n) is 7.48. The van der Waals surface area contributed by atoms with Gasteiger partial charge in [-0.15, -0.1) is 0 Å². The normalized spacial score (nSPS) is 18.4. The second-order valence-electron chi connectivity index (χ2n) is 9.55. The van der Waals surface area contributed by atoms with E-state index in [2.05, 4.69) is 84.2 Å². The second kappa shape index (κ2) is 10.2. The zero-order chi connectivity index (χ0) is 25.2. The van der Waals surface area contributed by atoms with E-state index in [0.717, 1.165) is 76.4 Å². The van der Waals surface area contributed by atoms with Crippen LogP contribution in [0, 0.1) is 6.92 Å². The van der Waals surface area contributed by atoms with Crippen molar-refractivity contribution >= 4 is 22.0 Å². The van der Waals surface area contributed by atoms with E-state index in [-0.39, 0.29) is 0 Å². The number of benzene rings is 1. The summed E-state index contributed by atoms with van der Waals surface area (Å²) in [4.78, 5) is 17.4. The standard InChI is InChI=1S/C31H35N5/c1-6-10-22(11-7-2)27-15-14-23-12-13-24(20-28(23)33-27)29-30-21(5)32-16-17-36(30)31(34-29)25-18-26(19-25)35(8-3)9-4/h6-7,10-17,20,25-26H,1,8-9,18-19H2,2-5H3/b11-7-,22-10+. The zero-order valence-electron chi connectivity index (χ0n) is 21.8. The molecule has 0 bridgehead atoms. The molecule has 184 valence electrons. The Bertz CT molecular complexity index is 1470. The minimum absolute atomic E-state index is 0.469. The van der Waals surface area contributed by atoms with Crippen molar-refractivity contribution < 1.29 is 0 Å². The van der Waals surface area contributed by atoms with Crippen LogP contribution in [0.3, 0.4) is 0 Å². The predicted molar refractivity (Wildman–Crippen MR) is 150 cm³/mol. The first kappa shape index (κ1) is 24.1. The van der Waals surface area contributed by atoms with Gasteiger partial charge in [0.25, 0.3) is 0 Å². The van der Waals surface area contributed by atoms with E-state index in [4.69, 9.17) is 9.97 Å². The molecular formula is C31H35N5. The van der Waals surface area contributed by atoms with Gasteiger partial charge in [-0.3, -0.25) is 9.38 Å². The molecule has 1 aromatic carbocycles. The van der Waals surface area contributed by atoms with Crippen molar-refractivity contribution in [1.29, 1.82) is 0 Å². The average molecular weight is 478 g/mol. The molecule has 0 unspecified atom stereocenters. The van der Waals surface area contributed by atoms with E-state index < -0.39 is 0 Å². The lowest BCUT2D eigenvalue weighted by Crippen LogP contribution is -2.44. The Labute approximate surface area is 213 Å². The molecule has 5 rings (SSSR count). The van der Waals surface area contributed by atoms with Crippen molar-refractivity contribution in [1.82, 2.24) is 24.3 Å². The lowest BCUT2D eigenvalue weighted by molar-refractivity contribution is 0.117. The van der Waals surface area contributed by atoms with Gasteiger partial charge < -0.3 is 4.90 Å². The number of aryl methyl sites for hydroxylation is 1. The van der Waals surface area contributed by atoms with Crippen LogP contribution in [0.4, 0.5) is 0 Å². The maximum atomic E-state index is 5.25. The fourth-order valence-electron chi connectivity index (χ4n) is 5.50. The van der Waals surface area contributed by atoms with Crippen LogP contribution in [-0.4, -0.2) is 43.4 Å². The number of nitrogens with zero attached hydrogens (tertiary/aromatic N) is 5. The molecule has 5 heteroatoms. The van der Waals surface area contributed by atoms with Gasteiger partial charge in [0.15, 0.2) is 0 Å². The van der Waals surface area contributed by atoms with Crippen LogP contribution < -0.4 is 0 Å². The first-order chi connectivity index (χ1) is 17.6. The maximum Gasteiger partial charge on any atom is 0.117 e. The van der Waals surface area contributed by atoms with Crippen LogP contribution in [0.5, 0.6) is 0 Å². The molecule has 1 aliphatic carbocycles. The SMILES string of the molecule is C=C/C=C(\C=C/C)c1ccc2ccc(-c3nc(C4CC(N(CC)CC)C4)n4ccnc(C)c34)cc2n1. The number of rotatable bonds is 8. The molecule has 5 nitrogen and oxygen atoms in total. The zero-order valence-corrected chi connectivity index (χ0v) is 21.8. The number of hydrogen-bond acceptors (Lipinski definition) is 4. The molecule has 1 saturated carbocycles. The molecule has 3 aromatic heterocycles. The number of pyridine rings is 1. The van der Waals surface area contributed by atoms with Crippen LogP contribution in [0.1, 0.15) is 56.7 Å². The van der Waals surface area contributed by atoms with E-state index in [1.165, 1.54) is 0 Å². The molecule has 0 atom stereocenters. The fourth-order valence-corrected chi connectivity index (χ4v) is 5.50. The molecule has 3 heterocycles. The monoisotopic (exact) mass is 477 g/mol. The molecule has 36 heavy (non-hydrogen) atoms. The van der Waals surface area contributed by atoms with Crippen LogP contribution >= 0.6 is 0 Å². The van der Waals surface area contributed by atoms with Crippen molar-refractivity contribution in [3.8, 4) is 11.3 Å². The first-order valence-electron chi connectivity index (χ1n) is 13.0. The summed E-state index contributed by atoms with van der Waals surface area (Å²) in [7, 11) is 0. The van der Waals surface area contributed by atoms with E-state index in [0.29, 0.717) is 12.0 Å². The maximum absolute atomic E-state index is 5.25. The molecule has 0 radical (unpaired) electrons. The van der Waals surface area contributed by atoms with Gasteiger partial charge in [-0.1, -0.05) is 62.9 Å². The van der Waals surface area contributed by atoms with Gasteiger partial charge in [0.2, 0.25) is 0 Å². The summed E-state index contributed by atoms with van der Waals surface area (Å²) in [6, 6.07) is 11.3. The van der Waals surface area contributed by atoms with Gasteiger partial charge in [-0.05, 0) is 57.5 Å².